The van der Waals surface area contributed by atoms with Crippen LogP contribution in [0.3, 0.4) is 0 Å². The first kappa shape index (κ1) is 17.9. The number of carbonyl (C=O) groups is 3. The Labute approximate surface area is 140 Å². The maximum absolute atomic E-state index is 12.9. The van der Waals surface area contributed by atoms with Crippen LogP contribution in [0.5, 0.6) is 0 Å². The molecule has 130 valence electrons. The number of amides is 4. The van der Waals surface area contributed by atoms with Gasteiger partial charge < -0.3 is 10.2 Å². The smallest absolute Gasteiger partial charge is 0.325 e. The van der Waals surface area contributed by atoms with E-state index in [-0.39, 0.29) is 30.6 Å². The van der Waals surface area contributed by atoms with Gasteiger partial charge in [-0.1, -0.05) is 12.1 Å². The molecule has 1 aromatic carbocycles. The second kappa shape index (κ2) is 6.98. The molecule has 7 heteroatoms. The summed E-state index contributed by atoms with van der Waals surface area (Å²) in [6.45, 7) is 3.89. The Hall–Kier alpha value is -2.44. The number of rotatable bonds is 6. The first-order valence-corrected chi connectivity index (χ1v) is 7.83. The van der Waals surface area contributed by atoms with Crippen molar-refractivity contribution in [3.63, 3.8) is 0 Å². The van der Waals surface area contributed by atoms with Crippen LogP contribution in [0, 0.1) is 5.82 Å². The van der Waals surface area contributed by atoms with Crippen molar-refractivity contribution >= 4 is 17.8 Å². The van der Waals surface area contributed by atoms with Crippen LogP contribution in [-0.2, 0) is 16.1 Å². The molecule has 2 rings (SSSR count). The summed E-state index contributed by atoms with van der Waals surface area (Å²) in [5.74, 6) is -0.686. The van der Waals surface area contributed by atoms with E-state index in [2.05, 4.69) is 5.32 Å². The van der Waals surface area contributed by atoms with E-state index in [9.17, 15) is 18.8 Å². The number of hydrogen-bond donors (Lipinski definition) is 1. The van der Waals surface area contributed by atoms with Crippen molar-refractivity contribution in [3.8, 4) is 0 Å². The summed E-state index contributed by atoms with van der Waals surface area (Å²) >= 11 is 0. The molecule has 0 unspecified atom stereocenters. The lowest BCUT2D eigenvalue weighted by Crippen LogP contribution is -2.40. The Bertz CT molecular complexity index is 643. The van der Waals surface area contributed by atoms with Crippen molar-refractivity contribution in [3.05, 3.63) is 35.6 Å². The average molecular weight is 335 g/mol. The SMILES string of the molecule is CN(Cc1ccc(F)cc1)C(=O)CCCN1C(=O)NC(C)(C)C1=O. The molecule has 0 spiro atoms. The summed E-state index contributed by atoms with van der Waals surface area (Å²) in [5.41, 5.74) is -0.0522. The molecule has 0 aromatic heterocycles. The van der Waals surface area contributed by atoms with Crippen molar-refractivity contribution in [1.29, 1.82) is 0 Å². The average Bonchev–Trinajstić information content (AvgIpc) is 2.71. The van der Waals surface area contributed by atoms with E-state index in [1.54, 1.807) is 37.9 Å². The second-order valence-corrected chi connectivity index (χ2v) is 6.49. The number of halogens is 1. The fraction of sp³-hybridized carbons (Fsp3) is 0.471. The number of imide groups is 1. The molecule has 1 fully saturated rings. The molecule has 1 N–H and O–H groups in total. The molecule has 4 amide bonds. The van der Waals surface area contributed by atoms with Crippen LogP contribution < -0.4 is 5.32 Å². The van der Waals surface area contributed by atoms with E-state index < -0.39 is 11.6 Å². The van der Waals surface area contributed by atoms with Crippen LogP contribution >= 0.6 is 0 Å². The van der Waals surface area contributed by atoms with Gasteiger partial charge in [0.25, 0.3) is 5.91 Å². The minimum atomic E-state index is -0.888. The van der Waals surface area contributed by atoms with E-state index in [1.807, 2.05) is 0 Å². The summed E-state index contributed by atoms with van der Waals surface area (Å²) in [4.78, 5) is 38.6. The van der Waals surface area contributed by atoms with E-state index in [4.69, 9.17) is 0 Å². The molecule has 24 heavy (non-hydrogen) atoms. The maximum atomic E-state index is 12.9. The van der Waals surface area contributed by atoms with Gasteiger partial charge in [0, 0.05) is 26.6 Å². The zero-order chi connectivity index (χ0) is 17.9. The Balaban J connectivity index is 1.79. The molecule has 0 saturated carbocycles. The highest BCUT2D eigenvalue weighted by atomic mass is 19.1. The highest BCUT2D eigenvalue weighted by Gasteiger charge is 2.43. The number of carbonyl (C=O) groups excluding carboxylic acids is 3. The standard InChI is InChI=1S/C17H22FN3O3/c1-17(2)15(23)21(16(24)19-17)10-4-5-14(22)20(3)11-12-6-8-13(18)9-7-12/h6-9H,4-5,10-11H2,1-3H3,(H,19,24). The summed E-state index contributed by atoms with van der Waals surface area (Å²) < 4.78 is 12.9. The molecule has 0 aliphatic carbocycles. The molecule has 0 radical (unpaired) electrons. The fourth-order valence-electron chi connectivity index (χ4n) is 2.55. The Morgan fingerprint density at radius 1 is 1.25 bits per heavy atom. The first-order chi connectivity index (χ1) is 11.2. The number of urea groups is 1. The Morgan fingerprint density at radius 3 is 2.42 bits per heavy atom. The first-order valence-electron chi connectivity index (χ1n) is 7.83. The minimum absolute atomic E-state index is 0.0920. The number of nitrogens with one attached hydrogen (secondary N) is 1. The van der Waals surface area contributed by atoms with Crippen LogP contribution in [-0.4, -0.2) is 46.8 Å². The summed E-state index contributed by atoms with van der Waals surface area (Å²) in [6, 6.07) is 5.56. The van der Waals surface area contributed by atoms with Gasteiger partial charge in [0.15, 0.2) is 0 Å². The molecule has 1 aliphatic rings. The van der Waals surface area contributed by atoms with Crippen LogP contribution in [0.15, 0.2) is 24.3 Å². The molecule has 1 aliphatic heterocycles. The zero-order valence-electron chi connectivity index (χ0n) is 14.1. The number of benzene rings is 1. The lowest BCUT2D eigenvalue weighted by Gasteiger charge is -2.19. The number of hydrogen-bond acceptors (Lipinski definition) is 3. The van der Waals surface area contributed by atoms with E-state index in [1.165, 1.54) is 12.1 Å². The lowest BCUT2D eigenvalue weighted by atomic mass is 10.1. The molecular weight excluding hydrogens is 313 g/mol. The molecule has 0 bridgehead atoms. The van der Waals surface area contributed by atoms with Gasteiger partial charge in [-0.3, -0.25) is 14.5 Å². The van der Waals surface area contributed by atoms with Crippen molar-refractivity contribution in [2.45, 2.75) is 38.8 Å². The van der Waals surface area contributed by atoms with Crippen LogP contribution in [0.4, 0.5) is 9.18 Å². The van der Waals surface area contributed by atoms with Crippen molar-refractivity contribution in [2.75, 3.05) is 13.6 Å². The van der Waals surface area contributed by atoms with Crippen LogP contribution in [0.2, 0.25) is 0 Å². The quantitative estimate of drug-likeness (QED) is 0.807. The van der Waals surface area contributed by atoms with Gasteiger partial charge in [0.2, 0.25) is 5.91 Å². The van der Waals surface area contributed by atoms with Gasteiger partial charge in [-0.15, -0.1) is 0 Å². The highest BCUT2D eigenvalue weighted by Crippen LogP contribution is 2.17. The van der Waals surface area contributed by atoms with Gasteiger partial charge in [-0.2, -0.15) is 0 Å². The maximum Gasteiger partial charge on any atom is 0.325 e. The van der Waals surface area contributed by atoms with Gasteiger partial charge in [0.1, 0.15) is 11.4 Å². The molecule has 1 saturated heterocycles. The predicted molar refractivity (Wildman–Crippen MR) is 86.4 cm³/mol. The van der Waals surface area contributed by atoms with Gasteiger partial charge in [-0.25, -0.2) is 9.18 Å². The zero-order valence-corrected chi connectivity index (χ0v) is 14.1. The third-order valence-corrected chi connectivity index (χ3v) is 3.98. The van der Waals surface area contributed by atoms with Crippen molar-refractivity contribution in [2.24, 2.45) is 0 Å². The molecule has 0 atom stereocenters. The second-order valence-electron chi connectivity index (χ2n) is 6.49. The normalized spacial score (nSPS) is 16.2. The predicted octanol–water partition coefficient (Wildman–Crippen LogP) is 1.89. The largest absolute Gasteiger partial charge is 0.341 e. The molecule has 6 nitrogen and oxygen atoms in total. The Morgan fingerprint density at radius 2 is 1.88 bits per heavy atom. The minimum Gasteiger partial charge on any atom is -0.341 e. The highest BCUT2D eigenvalue weighted by molar-refractivity contribution is 6.06. The fourth-order valence-corrected chi connectivity index (χ4v) is 2.55. The van der Waals surface area contributed by atoms with Crippen molar-refractivity contribution in [1.82, 2.24) is 15.1 Å². The summed E-state index contributed by atoms with van der Waals surface area (Å²) in [5, 5.41) is 2.60. The summed E-state index contributed by atoms with van der Waals surface area (Å²) in [7, 11) is 1.67. The molecular formula is C17H22FN3O3. The monoisotopic (exact) mass is 335 g/mol. The molecule has 1 aromatic rings. The van der Waals surface area contributed by atoms with E-state index in [0.29, 0.717) is 13.0 Å². The molecule has 1 heterocycles. The van der Waals surface area contributed by atoms with E-state index >= 15 is 0 Å². The lowest BCUT2D eigenvalue weighted by molar-refractivity contribution is -0.132. The van der Waals surface area contributed by atoms with E-state index in [0.717, 1.165) is 10.5 Å². The Kier molecular flexibility index (Phi) is 5.21. The van der Waals surface area contributed by atoms with Crippen LogP contribution in [0.1, 0.15) is 32.3 Å². The summed E-state index contributed by atoms with van der Waals surface area (Å²) in [6.07, 6.45) is 0.636. The third kappa shape index (κ3) is 4.10. The third-order valence-electron chi connectivity index (χ3n) is 3.98. The van der Waals surface area contributed by atoms with Crippen molar-refractivity contribution < 1.29 is 18.8 Å². The van der Waals surface area contributed by atoms with Gasteiger partial charge >= 0.3 is 6.03 Å². The topological polar surface area (TPSA) is 69.7 Å². The van der Waals surface area contributed by atoms with Crippen LogP contribution in [0.25, 0.3) is 0 Å². The van der Waals surface area contributed by atoms with Gasteiger partial charge in [-0.05, 0) is 38.0 Å². The van der Waals surface area contributed by atoms with Gasteiger partial charge in [0.05, 0.1) is 0 Å². The number of nitrogens with zero attached hydrogens (tertiary/aromatic N) is 2.